The van der Waals surface area contributed by atoms with Gasteiger partial charge in [0.1, 0.15) is 13.2 Å². The number of rotatable bonds is 57. The second-order valence-electron chi connectivity index (χ2n) is 20.9. The quantitative estimate of drug-likeness (QED) is 0.0261. The van der Waals surface area contributed by atoms with Crippen LogP contribution in [0.25, 0.3) is 0 Å². The molecule has 0 heterocycles. The third-order valence-corrected chi connectivity index (χ3v) is 13.2. The first-order valence-corrected chi connectivity index (χ1v) is 32.5. The number of ether oxygens (including phenoxy) is 3. The van der Waals surface area contributed by atoms with Crippen molar-refractivity contribution in [1.29, 1.82) is 0 Å². The second-order valence-corrected chi connectivity index (χ2v) is 20.9. The molecule has 6 heteroatoms. The zero-order valence-corrected chi connectivity index (χ0v) is 51.5. The van der Waals surface area contributed by atoms with Gasteiger partial charge in [-0.1, -0.05) is 256 Å². The fourth-order valence-corrected chi connectivity index (χ4v) is 8.38. The Balaban J connectivity index is 4.41. The third kappa shape index (κ3) is 63.9. The number of hydrogen-bond acceptors (Lipinski definition) is 6. The van der Waals surface area contributed by atoms with E-state index in [2.05, 4.69) is 179 Å². The number of esters is 3. The van der Waals surface area contributed by atoms with Crippen LogP contribution in [0.2, 0.25) is 0 Å². The van der Waals surface area contributed by atoms with Crippen LogP contribution in [-0.4, -0.2) is 37.2 Å². The highest BCUT2D eigenvalue weighted by molar-refractivity contribution is 5.71. The molecule has 0 fully saturated rings. The first-order chi connectivity index (χ1) is 39.5. The van der Waals surface area contributed by atoms with E-state index in [1.807, 2.05) is 0 Å². The SMILES string of the molecule is CC/C=C\C/C=C\C/C=C\C/C=C\C/C=C\C/C=C\C/C=C\C/C=C\C/C=C\C/C=C\CCCCC(=O)OCC(COC(=O)CCCCCCC/C=C\CCCCCCC)OC(=O)CCCCCCC/C=C\C/C=C\CCCCC. The lowest BCUT2D eigenvalue weighted by atomic mass is 10.1. The van der Waals surface area contributed by atoms with Gasteiger partial charge in [0, 0.05) is 19.3 Å². The molecular weight excluding hydrogens is 985 g/mol. The van der Waals surface area contributed by atoms with Crippen LogP contribution in [0, 0.1) is 0 Å². The molecule has 0 aromatic rings. The molecule has 0 rings (SSSR count). The van der Waals surface area contributed by atoms with Crippen molar-refractivity contribution in [3.05, 3.63) is 158 Å². The Labute approximate surface area is 492 Å². The monoisotopic (exact) mass is 1100 g/mol. The van der Waals surface area contributed by atoms with Gasteiger partial charge in [-0.3, -0.25) is 14.4 Å². The molecule has 0 saturated heterocycles. The van der Waals surface area contributed by atoms with Gasteiger partial charge in [0.2, 0.25) is 0 Å². The Morgan fingerprint density at radius 1 is 0.263 bits per heavy atom. The summed E-state index contributed by atoms with van der Waals surface area (Å²) in [5.74, 6) is -0.978. The summed E-state index contributed by atoms with van der Waals surface area (Å²) in [4.78, 5) is 38.2. The molecule has 0 aliphatic rings. The van der Waals surface area contributed by atoms with Crippen molar-refractivity contribution in [2.24, 2.45) is 0 Å². The van der Waals surface area contributed by atoms with E-state index in [-0.39, 0.29) is 31.1 Å². The number of unbranched alkanes of at least 4 members (excludes halogenated alkanes) is 20. The summed E-state index contributed by atoms with van der Waals surface area (Å²) >= 11 is 0. The van der Waals surface area contributed by atoms with Gasteiger partial charge in [0.15, 0.2) is 6.10 Å². The maximum atomic E-state index is 12.9. The van der Waals surface area contributed by atoms with Crippen LogP contribution in [0.3, 0.4) is 0 Å². The molecule has 0 aromatic heterocycles. The van der Waals surface area contributed by atoms with Gasteiger partial charge in [-0.05, 0) is 154 Å². The van der Waals surface area contributed by atoms with Crippen LogP contribution < -0.4 is 0 Å². The zero-order valence-electron chi connectivity index (χ0n) is 51.5. The van der Waals surface area contributed by atoms with Crippen molar-refractivity contribution >= 4 is 17.9 Å². The molecule has 80 heavy (non-hydrogen) atoms. The van der Waals surface area contributed by atoms with Gasteiger partial charge in [-0.25, -0.2) is 0 Å². The topological polar surface area (TPSA) is 78.9 Å². The van der Waals surface area contributed by atoms with Crippen molar-refractivity contribution in [2.75, 3.05) is 13.2 Å². The number of carbonyl (C=O) groups is 3. The summed E-state index contributed by atoms with van der Waals surface area (Å²) in [5, 5.41) is 0. The van der Waals surface area contributed by atoms with E-state index >= 15 is 0 Å². The minimum Gasteiger partial charge on any atom is -0.462 e. The molecule has 1 unspecified atom stereocenters. The maximum absolute atomic E-state index is 12.9. The summed E-state index contributed by atoms with van der Waals surface area (Å²) in [6, 6.07) is 0. The molecule has 0 radical (unpaired) electrons. The largest absolute Gasteiger partial charge is 0.462 e. The van der Waals surface area contributed by atoms with Crippen LogP contribution in [0.5, 0.6) is 0 Å². The molecule has 0 saturated carbocycles. The minimum atomic E-state index is -0.814. The first-order valence-electron chi connectivity index (χ1n) is 32.5. The summed E-state index contributed by atoms with van der Waals surface area (Å²) in [5.41, 5.74) is 0. The number of hydrogen-bond donors (Lipinski definition) is 0. The van der Waals surface area contributed by atoms with Crippen molar-refractivity contribution in [3.63, 3.8) is 0 Å². The number of allylic oxidation sites excluding steroid dienone is 26. The van der Waals surface area contributed by atoms with Gasteiger partial charge >= 0.3 is 17.9 Å². The molecule has 0 bridgehead atoms. The lowest BCUT2D eigenvalue weighted by molar-refractivity contribution is -0.167. The molecule has 0 aromatic carbocycles. The highest BCUT2D eigenvalue weighted by Gasteiger charge is 2.19. The lowest BCUT2D eigenvalue weighted by Crippen LogP contribution is -2.30. The van der Waals surface area contributed by atoms with Gasteiger partial charge in [-0.2, -0.15) is 0 Å². The lowest BCUT2D eigenvalue weighted by Gasteiger charge is -2.18. The molecule has 0 spiro atoms. The average Bonchev–Trinajstić information content (AvgIpc) is 3.46. The summed E-state index contributed by atoms with van der Waals surface area (Å²) in [7, 11) is 0. The Morgan fingerprint density at radius 2 is 0.487 bits per heavy atom. The van der Waals surface area contributed by atoms with Gasteiger partial charge in [-0.15, -0.1) is 0 Å². The van der Waals surface area contributed by atoms with Crippen LogP contribution in [0.1, 0.15) is 271 Å². The molecule has 0 amide bonds. The Hall–Kier alpha value is -4.97. The van der Waals surface area contributed by atoms with E-state index in [0.717, 1.165) is 154 Å². The van der Waals surface area contributed by atoms with Crippen LogP contribution >= 0.6 is 0 Å². The third-order valence-electron chi connectivity index (χ3n) is 13.2. The molecule has 0 aliphatic heterocycles. The van der Waals surface area contributed by atoms with Gasteiger partial charge in [0.25, 0.3) is 0 Å². The highest BCUT2D eigenvalue weighted by Crippen LogP contribution is 2.13. The molecule has 6 nitrogen and oxygen atoms in total. The van der Waals surface area contributed by atoms with Crippen molar-refractivity contribution < 1.29 is 28.6 Å². The van der Waals surface area contributed by atoms with Crippen LogP contribution in [0.4, 0.5) is 0 Å². The van der Waals surface area contributed by atoms with E-state index in [1.165, 1.54) is 70.6 Å². The van der Waals surface area contributed by atoms with E-state index < -0.39 is 6.10 Å². The van der Waals surface area contributed by atoms with E-state index in [0.29, 0.717) is 25.7 Å². The molecular formula is C74H118O6. The smallest absolute Gasteiger partial charge is 0.306 e. The Morgan fingerprint density at radius 3 is 0.825 bits per heavy atom. The normalized spacial score (nSPS) is 13.2. The second kappa shape index (κ2) is 66.5. The molecule has 1 atom stereocenters. The zero-order chi connectivity index (χ0) is 57.8. The Kier molecular flexibility index (Phi) is 62.4. The maximum Gasteiger partial charge on any atom is 0.306 e. The number of carbonyl (C=O) groups excluding carboxylic acids is 3. The summed E-state index contributed by atoms with van der Waals surface area (Å²) in [6.45, 7) is 6.43. The van der Waals surface area contributed by atoms with Crippen molar-refractivity contribution in [2.45, 2.75) is 277 Å². The predicted octanol–water partition coefficient (Wildman–Crippen LogP) is 22.5. The van der Waals surface area contributed by atoms with Gasteiger partial charge < -0.3 is 14.2 Å². The van der Waals surface area contributed by atoms with Crippen LogP contribution in [-0.2, 0) is 28.6 Å². The van der Waals surface area contributed by atoms with E-state index in [9.17, 15) is 14.4 Å². The van der Waals surface area contributed by atoms with Crippen molar-refractivity contribution in [3.8, 4) is 0 Å². The molecule has 0 N–H and O–H groups in total. The van der Waals surface area contributed by atoms with Crippen molar-refractivity contribution in [1.82, 2.24) is 0 Å². The van der Waals surface area contributed by atoms with E-state index in [4.69, 9.17) is 14.2 Å². The van der Waals surface area contributed by atoms with E-state index in [1.54, 1.807) is 0 Å². The fourth-order valence-electron chi connectivity index (χ4n) is 8.38. The first kappa shape index (κ1) is 75.0. The summed E-state index contributed by atoms with van der Waals surface area (Å²) in [6.07, 6.45) is 96.8. The summed E-state index contributed by atoms with van der Waals surface area (Å²) < 4.78 is 16.8. The minimum absolute atomic E-state index is 0.107. The van der Waals surface area contributed by atoms with Crippen LogP contribution in [0.15, 0.2) is 158 Å². The standard InChI is InChI=1S/C74H118O6/c1-4-7-10-13-16-19-22-25-28-29-30-31-32-33-34-35-36-37-38-39-40-41-42-43-44-45-47-49-52-55-58-61-64-67-73(76)79-70-71(69-78-72(75)66-63-60-57-54-51-48-27-24-21-18-15-12-9-6-3)80-74(77)68-65-62-59-56-53-50-46-26-23-20-17-14-11-8-5-2/h7,10,16-17,19-20,24-28,30-31,33-34,36-37,39-40,42-43,45-47,52,55,71H,4-6,8-9,11-15,18,21-23,29,32,35,38,41,44,48-51,53-54,56-70H2,1-3H3/b10-7-,19-16-,20-17-,27-24-,28-25-,31-30-,34-33-,37-36-,40-39-,43-42-,46-26-,47-45-,55-52-. The highest BCUT2D eigenvalue weighted by atomic mass is 16.6. The van der Waals surface area contributed by atoms with Gasteiger partial charge in [0.05, 0.1) is 0 Å². The average molecular weight is 1100 g/mol. The fraction of sp³-hybridized carbons (Fsp3) is 0.608. The predicted molar refractivity (Wildman–Crippen MR) is 348 cm³/mol. The molecule has 450 valence electrons. The molecule has 0 aliphatic carbocycles. The Bertz CT molecular complexity index is 1790.